The molecule has 0 aliphatic heterocycles. The normalized spacial score (nSPS) is 10.2. The SMILES string of the molecule is COc1ccc(-n2nnc3c(=O)[nH]cnc32)cc1.Cl. The van der Waals surface area contributed by atoms with E-state index in [1.807, 2.05) is 12.1 Å². The number of methoxy groups -OCH3 is 1. The van der Waals surface area contributed by atoms with Crippen LogP contribution in [0.25, 0.3) is 16.9 Å². The Morgan fingerprint density at radius 1 is 1.26 bits per heavy atom. The van der Waals surface area contributed by atoms with Crippen LogP contribution < -0.4 is 10.3 Å². The smallest absolute Gasteiger partial charge is 0.280 e. The van der Waals surface area contributed by atoms with E-state index in [0.717, 1.165) is 11.4 Å². The van der Waals surface area contributed by atoms with Crippen LogP contribution in [0.3, 0.4) is 0 Å². The van der Waals surface area contributed by atoms with Crippen molar-refractivity contribution < 1.29 is 4.74 Å². The Morgan fingerprint density at radius 2 is 2.00 bits per heavy atom. The average Bonchev–Trinajstić information content (AvgIpc) is 2.84. The molecule has 0 aliphatic carbocycles. The van der Waals surface area contributed by atoms with Gasteiger partial charge in [0, 0.05) is 0 Å². The highest BCUT2D eigenvalue weighted by Gasteiger charge is 2.10. The van der Waals surface area contributed by atoms with Crippen LogP contribution in [-0.2, 0) is 0 Å². The summed E-state index contributed by atoms with van der Waals surface area (Å²) in [7, 11) is 1.60. The predicted molar refractivity (Wildman–Crippen MR) is 71.1 cm³/mol. The van der Waals surface area contributed by atoms with Gasteiger partial charge in [-0.25, -0.2) is 4.98 Å². The summed E-state index contributed by atoms with van der Waals surface area (Å²) in [6, 6.07) is 7.23. The lowest BCUT2D eigenvalue weighted by Gasteiger charge is -2.02. The molecule has 0 aliphatic rings. The molecule has 1 aromatic carbocycles. The number of rotatable bonds is 2. The summed E-state index contributed by atoms with van der Waals surface area (Å²) in [6.07, 6.45) is 1.33. The first-order valence-corrected chi connectivity index (χ1v) is 5.23. The van der Waals surface area contributed by atoms with Gasteiger partial charge < -0.3 is 9.72 Å². The highest BCUT2D eigenvalue weighted by Crippen LogP contribution is 2.16. The molecule has 19 heavy (non-hydrogen) atoms. The number of nitrogens with one attached hydrogen (secondary N) is 1. The number of aromatic amines is 1. The van der Waals surface area contributed by atoms with Crippen molar-refractivity contribution in [2.45, 2.75) is 0 Å². The maximum atomic E-state index is 11.5. The highest BCUT2D eigenvalue weighted by atomic mass is 35.5. The molecule has 3 aromatic rings. The fourth-order valence-corrected chi connectivity index (χ4v) is 1.66. The van der Waals surface area contributed by atoms with Crippen LogP contribution in [0.5, 0.6) is 5.75 Å². The summed E-state index contributed by atoms with van der Waals surface area (Å²) >= 11 is 0. The maximum absolute atomic E-state index is 11.5. The summed E-state index contributed by atoms with van der Waals surface area (Å²) in [5.74, 6) is 0.744. The topological polar surface area (TPSA) is 85.7 Å². The third-order valence-electron chi connectivity index (χ3n) is 2.56. The van der Waals surface area contributed by atoms with E-state index < -0.39 is 0 Å². The maximum Gasteiger partial charge on any atom is 0.280 e. The first-order valence-electron chi connectivity index (χ1n) is 5.23. The molecular formula is C11H10ClN5O2. The van der Waals surface area contributed by atoms with Crippen LogP contribution in [0.2, 0.25) is 0 Å². The van der Waals surface area contributed by atoms with Crippen molar-refractivity contribution >= 4 is 23.6 Å². The Hall–Kier alpha value is -2.41. The van der Waals surface area contributed by atoms with Gasteiger partial charge in [-0.1, -0.05) is 5.21 Å². The van der Waals surface area contributed by atoms with Crippen molar-refractivity contribution in [2.75, 3.05) is 7.11 Å². The van der Waals surface area contributed by atoms with Gasteiger partial charge in [0.2, 0.25) is 0 Å². The molecule has 3 rings (SSSR count). The second-order valence-electron chi connectivity index (χ2n) is 3.60. The lowest BCUT2D eigenvalue weighted by Crippen LogP contribution is -2.07. The highest BCUT2D eigenvalue weighted by molar-refractivity contribution is 5.85. The van der Waals surface area contributed by atoms with Gasteiger partial charge in [-0.05, 0) is 24.3 Å². The van der Waals surface area contributed by atoms with Crippen LogP contribution in [0.15, 0.2) is 35.4 Å². The molecule has 0 bridgehead atoms. The number of halogens is 1. The zero-order chi connectivity index (χ0) is 12.5. The van der Waals surface area contributed by atoms with E-state index in [9.17, 15) is 4.79 Å². The second kappa shape index (κ2) is 5.07. The first-order chi connectivity index (χ1) is 8.79. The van der Waals surface area contributed by atoms with Crippen LogP contribution in [0.4, 0.5) is 0 Å². The van der Waals surface area contributed by atoms with Gasteiger partial charge in [0.05, 0.1) is 19.1 Å². The number of hydrogen-bond donors (Lipinski definition) is 1. The minimum atomic E-state index is -0.306. The quantitative estimate of drug-likeness (QED) is 0.754. The van der Waals surface area contributed by atoms with Crippen molar-refractivity contribution in [1.82, 2.24) is 25.0 Å². The fourth-order valence-electron chi connectivity index (χ4n) is 1.66. The van der Waals surface area contributed by atoms with Crippen LogP contribution >= 0.6 is 12.4 Å². The molecule has 2 aromatic heterocycles. The second-order valence-corrected chi connectivity index (χ2v) is 3.60. The number of aromatic nitrogens is 5. The van der Waals surface area contributed by atoms with Crippen molar-refractivity contribution in [1.29, 1.82) is 0 Å². The van der Waals surface area contributed by atoms with Crippen molar-refractivity contribution in [3.63, 3.8) is 0 Å². The molecule has 0 fully saturated rings. The Bertz CT molecular complexity index is 750. The molecular weight excluding hydrogens is 270 g/mol. The lowest BCUT2D eigenvalue weighted by molar-refractivity contribution is 0.414. The zero-order valence-corrected chi connectivity index (χ0v) is 10.7. The first kappa shape index (κ1) is 13.0. The van der Waals surface area contributed by atoms with Gasteiger partial charge in [-0.2, -0.15) is 4.68 Å². The van der Waals surface area contributed by atoms with Crippen molar-refractivity contribution in [3.8, 4) is 11.4 Å². The van der Waals surface area contributed by atoms with Crippen molar-refractivity contribution in [3.05, 3.63) is 40.9 Å². The predicted octanol–water partition coefficient (Wildman–Crippen LogP) is 0.934. The average molecular weight is 280 g/mol. The van der Waals surface area contributed by atoms with Crippen LogP contribution in [0, 0.1) is 0 Å². The van der Waals surface area contributed by atoms with Crippen LogP contribution in [-0.4, -0.2) is 32.1 Å². The number of ether oxygens (including phenoxy) is 1. The molecule has 0 spiro atoms. The number of benzene rings is 1. The van der Waals surface area contributed by atoms with Gasteiger partial charge in [0.1, 0.15) is 5.75 Å². The van der Waals surface area contributed by atoms with Gasteiger partial charge in [0.15, 0.2) is 11.2 Å². The summed E-state index contributed by atoms with van der Waals surface area (Å²) < 4.78 is 6.58. The molecule has 8 heteroatoms. The Labute approximate surface area is 113 Å². The molecule has 0 saturated heterocycles. The van der Waals surface area contributed by atoms with E-state index in [1.165, 1.54) is 11.0 Å². The lowest BCUT2D eigenvalue weighted by atomic mass is 10.3. The van der Waals surface area contributed by atoms with E-state index in [4.69, 9.17) is 4.74 Å². The van der Waals surface area contributed by atoms with Gasteiger partial charge in [0.25, 0.3) is 5.56 Å². The molecule has 1 N–H and O–H groups in total. The molecule has 0 amide bonds. The van der Waals surface area contributed by atoms with E-state index in [0.29, 0.717) is 5.65 Å². The molecule has 0 saturated carbocycles. The number of nitrogens with zero attached hydrogens (tertiary/aromatic N) is 4. The number of H-pyrrole nitrogens is 1. The minimum absolute atomic E-state index is 0. The minimum Gasteiger partial charge on any atom is -0.497 e. The third-order valence-corrected chi connectivity index (χ3v) is 2.56. The number of hydrogen-bond acceptors (Lipinski definition) is 5. The fraction of sp³-hybridized carbons (Fsp3) is 0.0909. The standard InChI is InChI=1S/C11H9N5O2.ClH/c1-18-8-4-2-7(3-5-8)16-10-9(14-15-16)11(17)13-6-12-10;/h2-6H,1H3,(H,12,13,17);1H. The number of fused-ring (bicyclic) bond motifs is 1. The van der Waals surface area contributed by atoms with Crippen LogP contribution in [0.1, 0.15) is 0 Å². The van der Waals surface area contributed by atoms with E-state index in [2.05, 4.69) is 20.3 Å². The van der Waals surface area contributed by atoms with E-state index in [-0.39, 0.29) is 23.5 Å². The summed E-state index contributed by atoms with van der Waals surface area (Å²) in [5, 5.41) is 7.74. The third kappa shape index (κ3) is 2.15. The molecule has 0 unspecified atom stereocenters. The zero-order valence-electron chi connectivity index (χ0n) is 9.90. The van der Waals surface area contributed by atoms with Gasteiger partial charge in [-0.15, -0.1) is 17.5 Å². The summed E-state index contributed by atoms with van der Waals surface area (Å²) in [6.45, 7) is 0. The van der Waals surface area contributed by atoms with E-state index >= 15 is 0 Å². The Balaban J connectivity index is 0.00000133. The van der Waals surface area contributed by atoms with E-state index in [1.54, 1.807) is 19.2 Å². The van der Waals surface area contributed by atoms with Gasteiger partial charge >= 0.3 is 0 Å². The molecule has 2 heterocycles. The summed E-state index contributed by atoms with van der Waals surface area (Å²) in [5.41, 5.74) is 1.09. The monoisotopic (exact) mass is 279 g/mol. The molecule has 98 valence electrons. The summed E-state index contributed by atoms with van der Waals surface area (Å²) in [4.78, 5) is 18.0. The molecule has 0 atom stereocenters. The molecule has 0 radical (unpaired) electrons. The Kier molecular flexibility index (Phi) is 3.48. The van der Waals surface area contributed by atoms with Gasteiger partial charge in [-0.3, -0.25) is 4.79 Å². The molecule has 7 nitrogen and oxygen atoms in total. The van der Waals surface area contributed by atoms with Crippen molar-refractivity contribution in [2.24, 2.45) is 0 Å². The Morgan fingerprint density at radius 3 is 2.68 bits per heavy atom. The largest absolute Gasteiger partial charge is 0.497 e.